The summed E-state index contributed by atoms with van der Waals surface area (Å²) in [5, 5.41) is 9.05. The molecule has 1 saturated heterocycles. The lowest BCUT2D eigenvalue weighted by molar-refractivity contribution is 0.0696. The van der Waals surface area contributed by atoms with Crippen LogP contribution in [0.5, 0.6) is 0 Å². The minimum absolute atomic E-state index is 0.299. The Morgan fingerprint density at radius 3 is 3.06 bits per heavy atom. The zero-order valence-corrected chi connectivity index (χ0v) is 10.7. The van der Waals surface area contributed by atoms with Crippen LogP contribution in [0.3, 0.4) is 0 Å². The fraction of sp³-hybridized carbons (Fsp3) is 0.538. The topological polar surface area (TPSA) is 62.7 Å². The van der Waals surface area contributed by atoms with Gasteiger partial charge in [0, 0.05) is 31.8 Å². The Bertz CT molecular complexity index is 448. The van der Waals surface area contributed by atoms with Crippen LogP contribution in [0.4, 0.5) is 5.82 Å². The smallest absolute Gasteiger partial charge is 0.335 e. The maximum absolute atomic E-state index is 11.0. The molecule has 2 rings (SSSR count). The Kier molecular flexibility index (Phi) is 3.81. The van der Waals surface area contributed by atoms with Crippen LogP contribution in [-0.4, -0.2) is 42.9 Å². The van der Waals surface area contributed by atoms with E-state index in [1.54, 1.807) is 19.2 Å². The average Bonchev–Trinajstić information content (AvgIpc) is 2.77. The second-order valence-corrected chi connectivity index (χ2v) is 4.72. The molecule has 0 bridgehead atoms. The van der Waals surface area contributed by atoms with Crippen molar-refractivity contribution >= 4 is 11.8 Å². The summed E-state index contributed by atoms with van der Waals surface area (Å²) in [6.07, 6.45) is 1.06. The maximum atomic E-state index is 11.0. The van der Waals surface area contributed by atoms with Crippen LogP contribution in [0.25, 0.3) is 0 Å². The van der Waals surface area contributed by atoms with E-state index in [1.165, 1.54) is 0 Å². The van der Waals surface area contributed by atoms with Crippen molar-refractivity contribution in [1.29, 1.82) is 0 Å². The number of carboxylic acid groups (broad SMARTS) is 1. The van der Waals surface area contributed by atoms with E-state index in [9.17, 15) is 4.79 Å². The molecule has 0 aromatic carbocycles. The number of hydrogen-bond donors (Lipinski definition) is 1. The number of anilines is 1. The second kappa shape index (κ2) is 5.35. The van der Waals surface area contributed by atoms with Crippen molar-refractivity contribution in [3.05, 3.63) is 23.4 Å². The van der Waals surface area contributed by atoms with Gasteiger partial charge in [-0.15, -0.1) is 0 Å². The molecule has 5 nitrogen and oxygen atoms in total. The van der Waals surface area contributed by atoms with Gasteiger partial charge in [-0.25, -0.2) is 9.78 Å². The molecule has 1 aromatic rings. The van der Waals surface area contributed by atoms with E-state index in [1.807, 2.05) is 6.92 Å². The van der Waals surface area contributed by atoms with Crippen molar-refractivity contribution in [3.8, 4) is 0 Å². The number of pyridine rings is 1. The minimum Gasteiger partial charge on any atom is -0.478 e. The summed E-state index contributed by atoms with van der Waals surface area (Å²) in [5.74, 6) is 0.353. The molecule has 0 saturated carbocycles. The van der Waals surface area contributed by atoms with Crippen molar-refractivity contribution in [2.45, 2.75) is 13.3 Å². The lowest BCUT2D eigenvalue weighted by Crippen LogP contribution is -2.22. The average molecular weight is 250 g/mol. The quantitative estimate of drug-likeness (QED) is 0.878. The molecule has 1 atom stereocenters. The molecule has 0 radical (unpaired) electrons. The Labute approximate surface area is 106 Å². The predicted molar refractivity (Wildman–Crippen MR) is 68.1 cm³/mol. The summed E-state index contributed by atoms with van der Waals surface area (Å²) >= 11 is 0. The predicted octanol–water partition coefficient (Wildman–Crippen LogP) is 1.56. The van der Waals surface area contributed by atoms with Gasteiger partial charge in [-0.1, -0.05) is 0 Å². The molecule has 1 fully saturated rings. The van der Waals surface area contributed by atoms with Gasteiger partial charge >= 0.3 is 5.97 Å². The van der Waals surface area contributed by atoms with E-state index in [2.05, 4.69) is 9.88 Å². The van der Waals surface area contributed by atoms with Crippen LogP contribution in [0, 0.1) is 12.8 Å². The Morgan fingerprint density at radius 2 is 2.39 bits per heavy atom. The summed E-state index contributed by atoms with van der Waals surface area (Å²) in [6.45, 7) is 4.35. The van der Waals surface area contributed by atoms with Gasteiger partial charge in [-0.2, -0.15) is 0 Å². The normalized spacial score (nSPS) is 19.2. The van der Waals surface area contributed by atoms with E-state index in [-0.39, 0.29) is 0 Å². The largest absolute Gasteiger partial charge is 0.478 e. The van der Waals surface area contributed by atoms with E-state index in [4.69, 9.17) is 9.84 Å². The number of aromatic carboxylic acids is 1. The van der Waals surface area contributed by atoms with Gasteiger partial charge in [0.15, 0.2) is 0 Å². The lowest BCUT2D eigenvalue weighted by Gasteiger charge is -2.18. The van der Waals surface area contributed by atoms with Crippen molar-refractivity contribution in [3.63, 3.8) is 0 Å². The van der Waals surface area contributed by atoms with Crippen LogP contribution in [0.2, 0.25) is 0 Å². The Hall–Kier alpha value is -1.62. The van der Waals surface area contributed by atoms with E-state index >= 15 is 0 Å². The molecule has 0 amide bonds. The highest BCUT2D eigenvalue weighted by atomic mass is 16.5. The number of carbonyl (C=O) groups is 1. The van der Waals surface area contributed by atoms with Gasteiger partial charge in [-0.05, 0) is 25.5 Å². The summed E-state index contributed by atoms with van der Waals surface area (Å²) < 4.78 is 5.15. The molecular weight excluding hydrogens is 232 g/mol. The van der Waals surface area contributed by atoms with Crippen molar-refractivity contribution in [2.24, 2.45) is 5.92 Å². The van der Waals surface area contributed by atoms with Crippen LogP contribution >= 0.6 is 0 Å². The first-order valence-corrected chi connectivity index (χ1v) is 6.06. The second-order valence-electron chi connectivity index (χ2n) is 4.72. The third-order valence-electron chi connectivity index (χ3n) is 3.20. The van der Waals surface area contributed by atoms with Crippen LogP contribution in [0.1, 0.15) is 22.5 Å². The number of ether oxygens (including phenoxy) is 1. The monoisotopic (exact) mass is 250 g/mol. The van der Waals surface area contributed by atoms with Crippen LogP contribution in [0.15, 0.2) is 12.1 Å². The number of aromatic nitrogens is 1. The summed E-state index contributed by atoms with van der Waals surface area (Å²) in [4.78, 5) is 17.6. The van der Waals surface area contributed by atoms with Gasteiger partial charge in [0.2, 0.25) is 0 Å². The first-order valence-electron chi connectivity index (χ1n) is 6.06. The molecule has 1 aliphatic heterocycles. The number of carboxylic acids is 1. The Morgan fingerprint density at radius 1 is 1.61 bits per heavy atom. The molecule has 1 N–H and O–H groups in total. The van der Waals surface area contributed by atoms with E-state index < -0.39 is 5.97 Å². The highest BCUT2D eigenvalue weighted by molar-refractivity contribution is 5.88. The number of hydrogen-bond acceptors (Lipinski definition) is 4. The molecule has 1 unspecified atom stereocenters. The fourth-order valence-electron chi connectivity index (χ4n) is 2.35. The number of aryl methyl sites for hydroxylation is 1. The van der Waals surface area contributed by atoms with Gasteiger partial charge in [-0.3, -0.25) is 0 Å². The molecule has 18 heavy (non-hydrogen) atoms. The van der Waals surface area contributed by atoms with Crippen molar-refractivity contribution in [2.75, 3.05) is 31.7 Å². The molecule has 1 aliphatic rings. The first kappa shape index (κ1) is 12.8. The molecule has 5 heteroatoms. The zero-order valence-electron chi connectivity index (χ0n) is 10.7. The van der Waals surface area contributed by atoms with Crippen molar-refractivity contribution < 1.29 is 14.6 Å². The standard InChI is InChI=1S/C13H18N2O3/c1-9-5-11(13(16)17)6-12(14-9)15-4-3-10(7-15)8-18-2/h5-6,10H,3-4,7-8H2,1-2H3,(H,16,17). The van der Waals surface area contributed by atoms with E-state index in [0.717, 1.165) is 37.6 Å². The Balaban J connectivity index is 2.16. The van der Waals surface area contributed by atoms with Crippen LogP contribution < -0.4 is 4.90 Å². The van der Waals surface area contributed by atoms with Gasteiger partial charge in [0.1, 0.15) is 5.82 Å². The third-order valence-corrected chi connectivity index (χ3v) is 3.20. The molecule has 2 heterocycles. The SMILES string of the molecule is COCC1CCN(c2cc(C(=O)O)cc(C)n2)C1. The maximum Gasteiger partial charge on any atom is 0.335 e. The summed E-state index contributed by atoms with van der Waals surface area (Å²) in [7, 11) is 1.70. The molecule has 0 aliphatic carbocycles. The third kappa shape index (κ3) is 2.79. The number of nitrogens with zero attached hydrogens (tertiary/aromatic N) is 2. The summed E-state index contributed by atoms with van der Waals surface area (Å²) in [5.41, 5.74) is 1.03. The highest BCUT2D eigenvalue weighted by Crippen LogP contribution is 2.23. The molecule has 0 spiro atoms. The van der Waals surface area contributed by atoms with E-state index in [0.29, 0.717) is 11.5 Å². The molecule has 1 aromatic heterocycles. The highest BCUT2D eigenvalue weighted by Gasteiger charge is 2.24. The van der Waals surface area contributed by atoms with Crippen LogP contribution in [-0.2, 0) is 4.74 Å². The summed E-state index contributed by atoms with van der Waals surface area (Å²) in [6, 6.07) is 3.24. The van der Waals surface area contributed by atoms with Gasteiger partial charge in [0.05, 0.1) is 12.2 Å². The van der Waals surface area contributed by atoms with Gasteiger partial charge in [0.25, 0.3) is 0 Å². The number of rotatable bonds is 4. The lowest BCUT2D eigenvalue weighted by atomic mass is 10.1. The molecular formula is C13H18N2O3. The van der Waals surface area contributed by atoms with Gasteiger partial charge < -0.3 is 14.7 Å². The zero-order chi connectivity index (χ0) is 13.1. The molecule has 98 valence electrons. The number of methoxy groups -OCH3 is 1. The minimum atomic E-state index is -0.908. The first-order chi connectivity index (χ1) is 8.60. The van der Waals surface area contributed by atoms with Crippen molar-refractivity contribution in [1.82, 2.24) is 4.98 Å². The fourth-order valence-corrected chi connectivity index (χ4v) is 2.35.